The van der Waals surface area contributed by atoms with Crippen molar-refractivity contribution in [2.75, 3.05) is 13.6 Å². The molecule has 0 aliphatic heterocycles. The Morgan fingerprint density at radius 3 is 2.72 bits per heavy atom. The first-order valence-electron chi connectivity index (χ1n) is 7.61. The number of hydrogen-bond acceptors (Lipinski definition) is 1. The molecule has 1 nitrogen and oxygen atoms in total. The summed E-state index contributed by atoms with van der Waals surface area (Å²) in [5.74, 6) is 2.78. The van der Waals surface area contributed by atoms with Crippen molar-refractivity contribution in [1.82, 2.24) is 5.32 Å². The van der Waals surface area contributed by atoms with E-state index in [4.69, 9.17) is 0 Å². The van der Waals surface area contributed by atoms with Gasteiger partial charge in [-0.1, -0.05) is 24.3 Å². The van der Waals surface area contributed by atoms with Crippen LogP contribution >= 0.6 is 0 Å². The van der Waals surface area contributed by atoms with E-state index in [2.05, 4.69) is 36.6 Å². The summed E-state index contributed by atoms with van der Waals surface area (Å²) in [6, 6.07) is 9.15. The van der Waals surface area contributed by atoms with Crippen molar-refractivity contribution in [3.05, 3.63) is 35.4 Å². The smallest absolute Gasteiger partial charge is 0.00209 e. The molecule has 1 saturated carbocycles. The topological polar surface area (TPSA) is 12.0 Å². The van der Waals surface area contributed by atoms with Crippen molar-refractivity contribution >= 4 is 0 Å². The monoisotopic (exact) mass is 243 g/mol. The van der Waals surface area contributed by atoms with E-state index >= 15 is 0 Å². The molecule has 2 aliphatic rings. The summed E-state index contributed by atoms with van der Waals surface area (Å²) in [4.78, 5) is 0. The molecule has 1 heteroatoms. The molecule has 0 amide bonds. The van der Waals surface area contributed by atoms with Gasteiger partial charge in [0.25, 0.3) is 0 Å². The highest BCUT2D eigenvalue weighted by atomic mass is 14.8. The zero-order valence-electron chi connectivity index (χ0n) is 11.5. The second-order valence-electron chi connectivity index (χ2n) is 6.18. The average molecular weight is 243 g/mol. The summed E-state index contributed by atoms with van der Waals surface area (Å²) in [6.45, 7) is 1.22. The van der Waals surface area contributed by atoms with Gasteiger partial charge in [0.15, 0.2) is 0 Å². The molecule has 0 heterocycles. The molecule has 0 aromatic heterocycles. The molecule has 1 fully saturated rings. The molecular formula is C17H25N. The fourth-order valence-corrected chi connectivity index (χ4v) is 3.94. The molecule has 0 saturated heterocycles. The summed E-state index contributed by atoms with van der Waals surface area (Å²) < 4.78 is 0. The predicted molar refractivity (Wildman–Crippen MR) is 76.9 cm³/mol. The lowest BCUT2D eigenvalue weighted by atomic mass is 9.67. The van der Waals surface area contributed by atoms with Crippen molar-refractivity contribution < 1.29 is 0 Å². The largest absolute Gasteiger partial charge is 0.319 e. The summed E-state index contributed by atoms with van der Waals surface area (Å²) >= 11 is 0. The van der Waals surface area contributed by atoms with E-state index in [-0.39, 0.29) is 0 Å². The van der Waals surface area contributed by atoms with Crippen LogP contribution in [0.1, 0.15) is 49.1 Å². The highest BCUT2D eigenvalue weighted by Crippen LogP contribution is 2.44. The average Bonchev–Trinajstić information content (AvgIpc) is 2.41. The maximum absolute atomic E-state index is 3.36. The molecule has 1 aromatic rings. The number of benzene rings is 1. The summed E-state index contributed by atoms with van der Waals surface area (Å²) in [7, 11) is 2.09. The van der Waals surface area contributed by atoms with Crippen LogP contribution in [0.25, 0.3) is 0 Å². The third-order valence-electron chi connectivity index (χ3n) is 5.12. The number of aryl methyl sites for hydroxylation is 1. The first-order valence-corrected chi connectivity index (χ1v) is 7.61. The molecule has 1 aromatic carbocycles. The Balaban J connectivity index is 1.67. The molecule has 0 bridgehead atoms. The minimum Gasteiger partial charge on any atom is -0.319 e. The van der Waals surface area contributed by atoms with Crippen LogP contribution in [0.4, 0.5) is 0 Å². The highest BCUT2D eigenvalue weighted by Gasteiger charge is 2.33. The van der Waals surface area contributed by atoms with E-state index in [1.54, 1.807) is 11.1 Å². The molecule has 2 aliphatic carbocycles. The van der Waals surface area contributed by atoms with E-state index in [1.807, 2.05) is 0 Å². The summed E-state index contributed by atoms with van der Waals surface area (Å²) in [5, 5.41) is 3.36. The zero-order valence-corrected chi connectivity index (χ0v) is 11.5. The van der Waals surface area contributed by atoms with Gasteiger partial charge in [0.05, 0.1) is 0 Å². The Hall–Kier alpha value is -0.820. The number of fused-ring (bicyclic) bond motifs is 1. The van der Waals surface area contributed by atoms with Gasteiger partial charge in [0, 0.05) is 0 Å². The Morgan fingerprint density at radius 2 is 1.94 bits per heavy atom. The van der Waals surface area contributed by atoms with Crippen LogP contribution in [0.5, 0.6) is 0 Å². The van der Waals surface area contributed by atoms with Gasteiger partial charge in [-0.15, -0.1) is 0 Å². The van der Waals surface area contributed by atoms with Gasteiger partial charge in [-0.2, -0.15) is 0 Å². The van der Waals surface area contributed by atoms with Crippen LogP contribution < -0.4 is 5.32 Å². The second-order valence-corrected chi connectivity index (χ2v) is 6.18. The van der Waals surface area contributed by atoms with Gasteiger partial charge in [-0.25, -0.2) is 0 Å². The summed E-state index contributed by atoms with van der Waals surface area (Å²) in [6.07, 6.45) is 8.45. The van der Waals surface area contributed by atoms with Crippen LogP contribution in [-0.2, 0) is 6.42 Å². The van der Waals surface area contributed by atoms with Crippen LogP contribution in [0.2, 0.25) is 0 Å². The van der Waals surface area contributed by atoms with E-state index in [9.17, 15) is 0 Å². The normalized spacial score (nSPS) is 30.6. The Labute approximate surface area is 111 Å². The SMILES string of the molecule is CNCC1CCC1CC1CCCc2ccccc21. The van der Waals surface area contributed by atoms with Crippen molar-refractivity contribution in [2.24, 2.45) is 11.8 Å². The van der Waals surface area contributed by atoms with Crippen molar-refractivity contribution in [3.63, 3.8) is 0 Å². The zero-order chi connectivity index (χ0) is 12.4. The van der Waals surface area contributed by atoms with E-state index in [0.29, 0.717) is 0 Å². The van der Waals surface area contributed by atoms with Crippen LogP contribution in [0.3, 0.4) is 0 Å². The Kier molecular flexibility index (Phi) is 3.69. The van der Waals surface area contributed by atoms with Gasteiger partial charge in [0.2, 0.25) is 0 Å². The molecule has 0 spiro atoms. The van der Waals surface area contributed by atoms with Gasteiger partial charge in [-0.3, -0.25) is 0 Å². The lowest BCUT2D eigenvalue weighted by Crippen LogP contribution is -2.35. The van der Waals surface area contributed by atoms with Crippen molar-refractivity contribution in [2.45, 2.75) is 44.4 Å². The fraction of sp³-hybridized carbons (Fsp3) is 0.647. The maximum Gasteiger partial charge on any atom is -0.00209 e. The van der Waals surface area contributed by atoms with Crippen LogP contribution in [0, 0.1) is 11.8 Å². The summed E-state index contributed by atoms with van der Waals surface area (Å²) in [5.41, 5.74) is 3.29. The lowest BCUT2D eigenvalue weighted by molar-refractivity contribution is 0.149. The molecule has 0 radical (unpaired) electrons. The van der Waals surface area contributed by atoms with Gasteiger partial charge in [-0.05, 0) is 81.0 Å². The minimum absolute atomic E-state index is 0.847. The molecule has 3 rings (SSSR count). The van der Waals surface area contributed by atoms with Crippen LogP contribution in [-0.4, -0.2) is 13.6 Å². The van der Waals surface area contributed by atoms with Gasteiger partial charge < -0.3 is 5.32 Å². The standard InChI is InChI=1S/C17H25N/c1-18-12-16-10-9-14(16)11-15-7-4-6-13-5-2-3-8-17(13)15/h2-3,5,8,14-16,18H,4,6-7,9-12H2,1H3. The quantitative estimate of drug-likeness (QED) is 0.849. The lowest BCUT2D eigenvalue weighted by Gasteiger charge is -2.40. The molecule has 3 unspecified atom stereocenters. The number of nitrogens with one attached hydrogen (secondary N) is 1. The number of rotatable bonds is 4. The second kappa shape index (κ2) is 5.44. The van der Waals surface area contributed by atoms with E-state index < -0.39 is 0 Å². The molecular weight excluding hydrogens is 218 g/mol. The van der Waals surface area contributed by atoms with E-state index in [1.165, 1.54) is 45.1 Å². The molecule has 18 heavy (non-hydrogen) atoms. The van der Waals surface area contributed by atoms with Gasteiger partial charge in [0.1, 0.15) is 0 Å². The highest BCUT2D eigenvalue weighted by molar-refractivity contribution is 5.32. The van der Waals surface area contributed by atoms with E-state index in [0.717, 1.165) is 17.8 Å². The van der Waals surface area contributed by atoms with Crippen LogP contribution in [0.15, 0.2) is 24.3 Å². The van der Waals surface area contributed by atoms with Crippen molar-refractivity contribution in [1.29, 1.82) is 0 Å². The molecule has 1 N–H and O–H groups in total. The Bertz CT molecular complexity index is 398. The fourth-order valence-electron chi connectivity index (χ4n) is 3.94. The minimum atomic E-state index is 0.847. The van der Waals surface area contributed by atoms with Crippen molar-refractivity contribution in [3.8, 4) is 0 Å². The first-order chi connectivity index (χ1) is 8.88. The number of hydrogen-bond donors (Lipinski definition) is 1. The molecule has 3 atom stereocenters. The predicted octanol–water partition coefficient (Wildman–Crippen LogP) is 3.74. The van der Waals surface area contributed by atoms with Gasteiger partial charge >= 0.3 is 0 Å². The third kappa shape index (κ3) is 2.33. The third-order valence-corrected chi connectivity index (χ3v) is 5.12. The Morgan fingerprint density at radius 1 is 1.11 bits per heavy atom. The molecule has 98 valence electrons. The first kappa shape index (κ1) is 12.2. The maximum atomic E-state index is 3.36.